The van der Waals surface area contributed by atoms with Gasteiger partial charge in [-0.1, -0.05) is 5.21 Å². The van der Waals surface area contributed by atoms with Crippen LogP contribution in [0.15, 0.2) is 6.20 Å². The van der Waals surface area contributed by atoms with Gasteiger partial charge in [0.2, 0.25) is 5.91 Å². The van der Waals surface area contributed by atoms with Crippen LogP contribution >= 0.6 is 0 Å². The fourth-order valence-corrected chi connectivity index (χ4v) is 1.31. The number of rotatable bonds is 3. The van der Waals surface area contributed by atoms with Crippen molar-refractivity contribution in [1.29, 1.82) is 0 Å². The van der Waals surface area contributed by atoms with E-state index in [1.807, 2.05) is 0 Å². The average Bonchev–Trinajstić information content (AvgIpc) is 2.79. The highest BCUT2D eigenvalue weighted by Gasteiger charge is 2.51. The lowest BCUT2D eigenvalue weighted by Gasteiger charge is -2.08. The zero-order chi connectivity index (χ0) is 9.47. The molecule has 4 N–H and O–H groups in total. The van der Waals surface area contributed by atoms with Crippen molar-refractivity contribution in [1.82, 2.24) is 15.0 Å². The molecule has 1 saturated carbocycles. The molecule has 0 saturated heterocycles. The van der Waals surface area contributed by atoms with Crippen LogP contribution in [0.2, 0.25) is 0 Å². The van der Waals surface area contributed by atoms with E-state index in [2.05, 4.69) is 10.3 Å². The molecule has 0 atom stereocenters. The fourth-order valence-electron chi connectivity index (χ4n) is 1.31. The summed E-state index contributed by atoms with van der Waals surface area (Å²) in [7, 11) is 0. The molecule has 1 aliphatic carbocycles. The Morgan fingerprint density at radius 3 is 2.77 bits per heavy atom. The highest BCUT2D eigenvalue weighted by molar-refractivity contribution is 5.85. The fraction of sp³-hybridized carbons (Fsp3) is 0.571. The molecule has 6 nitrogen and oxygen atoms in total. The van der Waals surface area contributed by atoms with E-state index in [0.717, 1.165) is 12.8 Å². The molecule has 1 amide bonds. The summed E-state index contributed by atoms with van der Waals surface area (Å²) in [4.78, 5) is 11.1. The normalized spacial score (nSPS) is 18.5. The molecule has 6 heteroatoms. The molecule has 0 unspecified atom stereocenters. The molecule has 2 rings (SSSR count). The zero-order valence-corrected chi connectivity index (χ0v) is 7.10. The van der Waals surface area contributed by atoms with Crippen LogP contribution < -0.4 is 11.5 Å². The van der Waals surface area contributed by atoms with Crippen LogP contribution in [-0.2, 0) is 16.9 Å². The van der Waals surface area contributed by atoms with Gasteiger partial charge in [0.1, 0.15) is 5.54 Å². The maximum atomic E-state index is 11.1. The lowest BCUT2D eigenvalue weighted by Crippen LogP contribution is -2.34. The lowest BCUT2D eigenvalue weighted by molar-refractivity contribution is -0.122. The van der Waals surface area contributed by atoms with Crippen LogP contribution in [0.3, 0.4) is 0 Å². The molecule has 0 bridgehead atoms. The van der Waals surface area contributed by atoms with Gasteiger partial charge in [-0.15, -0.1) is 5.10 Å². The third-order valence-electron chi connectivity index (χ3n) is 2.37. The first-order valence-corrected chi connectivity index (χ1v) is 4.11. The third kappa shape index (κ3) is 1.10. The third-order valence-corrected chi connectivity index (χ3v) is 2.37. The van der Waals surface area contributed by atoms with Crippen LogP contribution in [0.25, 0.3) is 0 Å². The van der Waals surface area contributed by atoms with Gasteiger partial charge in [0.15, 0.2) is 0 Å². The summed E-state index contributed by atoms with van der Waals surface area (Å²) in [5.41, 5.74) is 10.7. The Labute approximate surface area is 74.9 Å². The van der Waals surface area contributed by atoms with E-state index in [9.17, 15) is 4.79 Å². The number of amides is 1. The SMILES string of the molecule is NCc1cn(C2(C(N)=O)CC2)nn1. The van der Waals surface area contributed by atoms with E-state index < -0.39 is 5.54 Å². The van der Waals surface area contributed by atoms with Crippen LogP contribution in [-0.4, -0.2) is 20.9 Å². The van der Waals surface area contributed by atoms with Crippen molar-refractivity contribution in [3.8, 4) is 0 Å². The lowest BCUT2D eigenvalue weighted by atomic mass is 10.2. The molecule has 70 valence electrons. The maximum Gasteiger partial charge on any atom is 0.245 e. The second kappa shape index (κ2) is 2.53. The van der Waals surface area contributed by atoms with Crippen molar-refractivity contribution in [3.05, 3.63) is 11.9 Å². The summed E-state index contributed by atoms with van der Waals surface area (Å²) in [5.74, 6) is -0.346. The summed E-state index contributed by atoms with van der Waals surface area (Å²) in [6, 6.07) is 0. The molecular weight excluding hydrogens is 170 g/mol. The van der Waals surface area contributed by atoms with Crippen molar-refractivity contribution in [2.75, 3.05) is 0 Å². The first kappa shape index (κ1) is 8.18. The molecule has 13 heavy (non-hydrogen) atoms. The number of aromatic nitrogens is 3. The van der Waals surface area contributed by atoms with Crippen molar-refractivity contribution < 1.29 is 4.79 Å². The van der Waals surface area contributed by atoms with Crippen LogP contribution in [0, 0.1) is 0 Å². The van der Waals surface area contributed by atoms with Gasteiger partial charge in [0.05, 0.1) is 11.9 Å². The zero-order valence-electron chi connectivity index (χ0n) is 7.10. The number of nitrogens with zero attached hydrogens (tertiary/aromatic N) is 3. The molecule has 0 aromatic carbocycles. The van der Waals surface area contributed by atoms with Gasteiger partial charge < -0.3 is 11.5 Å². The first-order chi connectivity index (χ1) is 6.19. The van der Waals surface area contributed by atoms with Gasteiger partial charge in [0.25, 0.3) is 0 Å². The van der Waals surface area contributed by atoms with Gasteiger partial charge in [-0.05, 0) is 12.8 Å². The smallest absolute Gasteiger partial charge is 0.245 e. The Morgan fingerprint density at radius 1 is 1.69 bits per heavy atom. The number of nitrogens with two attached hydrogens (primary N) is 2. The Balaban J connectivity index is 2.30. The minimum absolute atomic E-state index is 0.328. The molecule has 1 aliphatic rings. The molecule has 0 spiro atoms. The van der Waals surface area contributed by atoms with Crippen LogP contribution in [0.1, 0.15) is 18.5 Å². The van der Waals surface area contributed by atoms with E-state index in [4.69, 9.17) is 11.5 Å². The van der Waals surface area contributed by atoms with Crippen molar-refractivity contribution in [3.63, 3.8) is 0 Å². The highest BCUT2D eigenvalue weighted by Crippen LogP contribution is 2.42. The summed E-state index contributed by atoms with van der Waals surface area (Å²) < 4.78 is 1.53. The summed E-state index contributed by atoms with van der Waals surface area (Å²) in [6.07, 6.45) is 3.17. The molecule has 0 aliphatic heterocycles. The van der Waals surface area contributed by atoms with Gasteiger partial charge >= 0.3 is 0 Å². The first-order valence-electron chi connectivity index (χ1n) is 4.11. The van der Waals surface area contributed by atoms with E-state index in [1.165, 1.54) is 4.68 Å². The van der Waals surface area contributed by atoms with Gasteiger partial charge in [-0.25, -0.2) is 4.68 Å². The van der Waals surface area contributed by atoms with Crippen LogP contribution in [0.4, 0.5) is 0 Å². The summed E-state index contributed by atoms with van der Waals surface area (Å²) >= 11 is 0. The van der Waals surface area contributed by atoms with Gasteiger partial charge in [-0.2, -0.15) is 0 Å². The van der Waals surface area contributed by atoms with Crippen molar-refractivity contribution >= 4 is 5.91 Å². The van der Waals surface area contributed by atoms with E-state index in [1.54, 1.807) is 6.20 Å². The van der Waals surface area contributed by atoms with Crippen molar-refractivity contribution in [2.45, 2.75) is 24.9 Å². The van der Waals surface area contributed by atoms with E-state index in [0.29, 0.717) is 12.2 Å². The number of hydrogen-bond acceptors (Lipinski definition) is 4. The number of hydrogen-bond donors (Lipinski definition) is 2. The molecular formula is C7H11N5O. The summed E-state index contributed by atoms with van der Waals surface area (Å²) in [6.45, 7) is 0.328. The second-order valence-electron chi connectivity index (χ2n) is 3.25. The predicted octanol–water partition coefficient (Wildman–Crippen LogP) is -1.29. The summed E-state index contributed by atoms with van der Waals surface area (Å²) in [5, 5.41) is 7.63. The quantitative estimate of drug-likeness (QED) is 0.606. The second-order valence-corrected chi connectivity index (χ2v) is 3.25. The molecule has 1 aromatic heterocycles. The molecule has 0 radical (unpaired) electrons. The number of carbonyl (C=O) groups excluding carboxylic acids is 1. The monoisotopic (exact) mass is 181 g/mol. The molecule has 1 aromatic rings. The van der Waals surface area contributed by atoms with Gasteiger partial charge in [-0.3, -0.25) is 4.79 Å². The maximum absolute atomic E-state index is 11.1. The average molecular weight is 181 g/mol. The number of carbonyl (C=O) groups is 1. The number of primary amides is 1. The predicted molar refractivity (Wildman–Crippen MR) is 44.3 cm³/mol. The molecule has 1 heterocycles. The van der Waals surface area contributed by atoms with Gasteiger partial charge in [0, 0.05) is 6.54 Å². The highest BCUT2D eigenvalue weighted by atomic mass is 16.2. The minimum Gasteiger partial charge on any atom is -0.368 e. The topological polar surface area (TPSA) is 99.8 Å². The van der Waals surface area contributed by atoms with Crippen LogP contribution in [0.5, 0.6) is 0 Å². The largest absolute Gasteiger partial charge is 0.368 e. The Kier molecular flexibility index (Phi) is 1.59. The molecule has 1 fully saturated rings. The van der Waals surface area contributed by atoms with E-state index >= 15 is 0 Å². The minimum atomic E-state index is -0.611. The van der Waals surface area contributed by atoms with E-state index in [-0.39, 0.29) is 5.91 Å². The van der Waals surface area contributed by atoms with Crippen molar-refractivity contribution in [2.24, 2.45) is 11.5 Å². The Hall–Kier alpha value is -1.43. The standard InChI is InChI=1S/C7H11N5O/c8-3-5-4-12(11-10-5)7(1-2-7)6(9)13/h4H,1-3,8H2,(H2,9,13). The Bertz CT molecular complexity index is 340. The Morgan fingerprint density at radius 2 is 2.38 bits per heavy atom.